The molecule has 0 spiro atoms. The summed E-state index contributed by atoms with van der Waals surface area (Å²) in [6.45, 7) is 6.14. The van der Waals surface area contributed by atoms with Gasteiger partial charge in [-0.2, -0.15) is 6.42 Å². The fraction of sp³-hybridized carbons (Fsp3) is 0.929. The largest absolute Gasteiger partial charge is 2.00 e. The van der Waals surface area contributed by atoms with E-state index in [1.807, 2.05) is 0 Å². The second-order valence-corrected chi connectivity index (χ2v) is 4.39. The number of halogens is 1. The summed E-state index contributed by atoms with van der Waals surface area (Å²) in [6, 6.07) is 0. The molecular formula is C14H29ClMn. The van der Waals surface area contributed by atoms with E-state index < -0.39 is 0 Å². The molecule has 0 saturated heterocycles. The van der Waals surface area contributed by atoms with Gasteiger partial charge in [0.25, 0.3) is 0 Å². The zero-order valence-electron chi connectivity index (χ0n) is 10.9. The van der Waals surface area contributed by atoms with Gasteiger partial charge in [-0.05, 0) is 0 Å². The molecule has 0 aromatic rings. The SMILES string of the molecule is [CH2-]CCCCCCCCCCCCC.[Cl-].[Mn+2]. The summed E-state index contributed by atoms with van der Waals surface area (Å²) >= 11 is 0. The Morgan fingerprint density at radius 2 is 0.938 bits per heavy atom. The molecule has 99 valence electrons. The molecule has 0 atom stereocenters. The van der Waals surface area contributed by atoms with E-state index in [0.717, 1.165) is 6.42 Å². The van der Waals surface area contributed by atoms with Crippen LogP contribution >= 0.6 is 0 Å². The normalized spacial score (nSPS) is 9.38. The molecule has 0 nitrogen and oxygen atoms in total. The quantitative estimate of drug-likeness (QED) is 0.311. The van der Waals surface area contributed by atoms with Crippen LogP contribution in [-0.2, 0) is 17.1 Å². The van der Waals surface area contributed by atoms with Gasteiger partial charge in [0.05, 0.1) is 0 Å². The van der Waals surface area contributed by atoms with Crippen LogP contribution in [0.1, 0.15) is 84.0 Å². The second kappa shape index (κ2) is 21.1. The van der Waals surface area contributed by atoms with Crippen LogP contribution in [-0.4, -0.2) is 0 Å². The molecule has 0 fully saturated rings. The van der Waals surface area contributed by atoms with Gasteiger partial charge in [0.1, 0.15) is 0 Å². The molecule has 0 saturated carbocycles. The first kappa shape index (κ1) is 22.0. The van der Waals surface area contributed by atoms with Crippen LogP contribution in [0.5, 0.6) is 0 Å². The van der Waals surface area contributed by atoms with Crippen molar-refractivity contribution in [3.05, 3.63) is 6.92 Å². The Labute approximate surface area is 120 Å². The number of rotatable bonds is 11. The summed E-state index contributed by atoms with van der Waals surface area (Å²) in [7, 11) is 0. The molecule has 0 aromatic carbocycles. The number of hydrogen-bond donors (Lipinski definition) is 0. The van der Waals surface area contributed by atoms with Crippen molar-refractivity contribution in [2.75, 3.05) is 0 Å². The molecule has 0 aliphatic rings. The Morgan fingerprint density at radius 3 is 1.25 bits per heavy atom. The third-order valence-electron chi connectivity index (χ3n) is 2.85. The third-order valence-corrected chi connectivity index (χ3v) is 2.85. The predicted molar refractivity (Wildman–Crippen MR) is 66.4 cm³/mol. The summed E-state index contributed by atoms with van der Waals surface area (Å²) in [6.07, 6.45) is 16.9. The fourth-order valence-corrected chi connectivity index (χ4v) is 1.84. The topological polar surface area (TPSA) is 0 Å². The van der Waals surface area contributed by atoms with E-state index >= 15 is 0 Å². The number of unbranched alkanes of at least 4 members (excludes halogenated alkanes) is 11. The van der Waals surface area contributed by atoms with Crippen molar-refractivity contribution in [2.45, 2.75) is 84.0 Å². The predicted octanol–water partition coefficient (Wildman–Crippen LogP) is 2.52. The van der Waals surface area contributed by atoms with E-state index in [2.05, 4.69) is 13.8 Å². The van der Waals surface area contributed by atoms with Gasteiger partial charge in [0, 0.05) is 0 Å². The summed E-state index contributed by atoms with van der Waals surface area (Å²) in [5, 5.41) is 0. The van der Waals surface area contributed by atoms with E-state index in [4.69, 9.17) is 0 Å². The standard InChI is InChI=1S/C14H29.ClH.Mn/c1-3-5-7-9-11-13-14-12-10-8-6-4-2;;/h1,3-14H2,2H3;1H;/q-1;;+2/p-1. The molecule has 0 aromatic heterocycles. The van der Waals surface area contributed by atoms with Crippen molar-refractivity contribution < 1.29 is 29.5 Å². The minimum Gasteiger partial charge on any atom is -1.00 e. The Kier molecular flexibility index (Phi) is 29.1. The van der Waals surface area contributed by atoms with Crippen LogP contribution in [0.15, 0.2) is 0 Å². The molecule has 0 unspecified atom stereocenters. The average Bonchev–Trinajstić information content (AvgIpc) is 2.21. The second-order valence-electron chi connectivity index (χ2n) is 4.39. The average molecular weight is 288 g/mol. The molecule has 0 amide bonds. The van der Waals surface area contributed by atoms with Crippen molar-refractivity contribution >= 4 is 0 Å². The smallest absolute Gasteiger partial charge is 1.00 e. The van der Waals surface area contributed by atoms with Crippen molar-refractivity contribution in [2.24, 2.45) is 0 Å². The third kappa shape index (κ3) is 20.3. The number of hydrogen-bond acceptors (Lipinski definition) is 0. The van der Waals surface area contributed by atoms with Crippen LogP contribution in [0.3, 0.4) is 0 Å². The van der Waals surface area contributed by atoms with E-state index in [-0.39, 0.29) is 29.5 Å². The molecule has 2 heteroatoms. The molecule has 16 heavy (non-hydrogen) atoms. The van der Waals surface area contributed by atoms with Crippen molar-refractivity contribution in [1.29, 1.82) is 0 Å². The molecule has 0 N–H and O–H groups in total. The zero-order valence-corrected chi connectivity index (χ0v) is 12.9. The first-order valence-corrected chi connectivity index (χ1v) is 6.71. The first-order valence-electron chi connectivity index (χ1n) is 6.71. The van der Waals surface area contributed by atoms with E-state index in [1.54, 1.807) is 0 Å². The van der Waals surface area contributed by atoms with Crippen LogP contribution < -0.4 is 12.4 Å². The van der Waals surface area contributed by atoms with Crippen LogP contribution in [0.2, 0.25) is 0 Å². The summed E-state index contributed by atoms with van der Waals surface area (Å²) in [5.74, 6) is 0. The van der Waals surface area contributed by atoms with Crippen molar-refractivity contribution in [3.8, 4) is 0 Å². The van der Waals surface area contributed by atoms with Gasteiger partial charge in [-0.3, -0.25) is 0 Å². The Bertz CT molecular complexity index is 84.7. The molecule has 0 aliphatic heterocycles. The van der Waals surface area contributed by atoms with Gasteiger partial charge in [-0.1, -0.05) is 77.6 Å². The monoisotopic (exact) mass is 287 g/mol. The van der Waals surface area contributed by atoms with Crippen LogP contribution in [0, 0.1) is 6.92 Å². The first-order chi connectivity index (χ1) is 6.91. The summed E-state index contributed by atoms with van der Waals surface area (Å²) in [4.78, 5) is 0. The van der Waals surface area contributed by atoms with Gasteiger partial charge < -0.3 is 19.3 Å². The maximum Gasteiger partial charge on any atom is 2.00 e. The Balaban J connectivity index is -0.000000845. The molecule has 0 heterocycles. The summed E-state index contributed by atoms with van der Waals surface area (Å²) in [5.41, 5.74) is 0. The molecule has 0 aliphatic carbocycles. The maximum atomic E-state index is 3.86. The van der Waals surface area contributed by atoms with E-state index in [0.29, 0.717) is 0 Å². The molecule has 0 rings (SSSR count). The minimum absolute atomic E-state index is 0. The van der Waals surface area contributed by atoms with E-state index in [9.17, 15) is 0 Å². The fourth-order valence-electron chi connectivity index (χ4n) is 1.84. The van der Waals surface area contributed by atoms with Gasteiger partial charge >= 0.3 is 17.1 Å². The van der Waals surface area contributed by atoms with Crippen molar-refractivity contribution in [1.82, 2.24) is 0 Å². The van der Waals surface area contributed by atoms with Gasteiger partial charge in [-0.25, -0.2) is 0 Å². The zero-order chi connectivity index (χ0) is 10.5. The maximum absolute atomic E-state index is 3.86. The minimum atomic E-state index is 0. The molecule has 0 bridgehead atoms. The van der Waals surface area contributed by atoms with Gasteiger partial charge in [-0.15, -0.1) is 0 Å². The van der Waals surface area contributed by atoms with Gasteiger partial charge in [0.2, 0.25) is 0 Å². The van der Waals surface area contributed by atoms with Crippen molar-refractivity contribution in [3.63, 3.8) is 0 Å². The van der Waals surface area contributed by atoms with Crippen LogP contribution in [0.4, 0.5) is 0 Å². The Morgan fingerprint density at radius 1 is 0.625 bits per heavy atom. The molecular weight excluding hydrogens is 259 g/mol. The van der Waals surface area contributed by atoms with E-state index in [1.165, 1.54) is 70.6 Å². The summed E-state index contributed by atoms with van der Waals surface area (Å²) < 4.78 is 0. The molecule has 1 radical (unpaired) electrons. The van der Waals surface area contributed by atoms with Crippen LogP contribution in [0.25, 0.3) is 0 Å². The van der Waals surface area contributed by atoms with Gasteiger partial charge in [0.15, 0.2) is 0 Å². The Hall–Kier alpha value is 0.809.